The van der Waals surface area contributed by atoms with E-state index in [0.717, 1.165) is 22.9 Å². The van der Waals surface area contributed by atoms with E-state index in [2.05, 4.69) is 0 Å². The average molecular weight is 437 g/mol. The van der Waals surface area contributed by atoms with Gasteiger partial charge in [0.25, 0.3) is 0 Å². The highest BCUT2D eigenvalue weighted by Crippen LogP contribution is 2.24. The Labute approximate surface area is 185 Å². The number of sulfonamides is 1. The number of aryl methyl sites for hydroxylation is 1. The smallest absolute Gasteiger partial charge is 0.246 e. The third-order valence-electron chi connectivity index (χ3n) is 5.07. The Morgan fingerprint density at radius 1 is 0.839 bits per heavy atom. The highest BCUT2D eigenvalue weighted by atomic mass is 32.2. The molecule has 162 valence electrons. The minimum atomic E-state index is -3.67. The van der Waals surface area contributed by atoms with Crippen LogP contribution in [0.15, 0.2) is 84.9 Å². The number of hydrogen-bond acceptors (Lipinski definition) is 3. The van der Waals surface area contributed by atoms with Crippen LogP contribution in [0.3, 0.4) is 0 Å². The van der Waals surface area contributed by atoms with Crippen LogP contribution in [0.2, 0.25) is 0 Å². The van der Waals surface area contributed by atoms with Crippen LogP contribution in [-0.2, 0) is 27.9 Å². The summed E-state index contributed by atoms with van der Waals surface area (Å²) in [6, 6.07) is 25.7. The summed E-state index contributed by atoms with van der Waals surface area (Å²) in [5.41, 5.74) is 3.39. The molecular formula is C25H28N2O3S. The summed E-state index contributed by atoms with van der Waals surface area (Å²) in [7, 11) is -3.67. The van der Waals surface area contributed by atoms with Gasteiger partial charge in [-0.2, -0.15) is 0 Å². The maximum absolute atomic E-state index is 13.6. The van der Waals surface area contributed by atoms with Gasteiger partial charge in [0.1, 0.15) is 6.04 Å². The fourth-order valence-electron chi connectivity index (χ4n) is 3.65. The SMILES string of the molecule is Cc1cccc(N([C@@H](C)C(=O)N(Cc2ccccc2)Cc2ccccc2)S(C)(=O)=O)c1. The van der Waals surface area contributed by atoms with Gasteiger partial charge in [0, 0.05) is 13.1 Å². The molecule has 0 radical (unpaired) electrons. The van der Waals surface area contributed by atoms with Gasteiger partial charge < -0.3 is 4.90 Å². The first kappa shape index (κ1) is 22.6. The van der Waals surface area contributed by atoms with Crippen LogP contribution >= 0.6 is 0 Å². The van der Waals surface area contributed by atoms with Gasteiger partial charge in [0.05, 0.1) is 11.9 Å². The van der Waals surface area contributed by atoms with Crippen LogP contribution in [0.5, 0.6) is 0 Å². The minimum Gasteiger partial charge on any atom is -0.332 e. The molecule has 3 aromatic rings. The first-order chi connectivity index (χ1) is 14.8. The molecule has 0 fully saturated rings. The molecule has 5 nitrogen and oxygen atoms in total. The number of benzene rings is 3. The Morgan fingerprint density at radius 2 is 1.35 bits per heavy atom. The Bertz CT molecular complexity index is 1070. The Hall–Kier alpha value is -3.12. The van der Waals surface area contributed by atoms with Crippen LogP contribution in [0.25, 0.3) is 0 Å². The van der Waals surface area contributed by atoms with E-state index in [9.17, 15) is 13.2 Å². The molecule has 3 rings (SSSR count). The number of hydrogen-bond donors (Lipinski definition) is 0. The number of carbonyl (C=O) groups excluding carboxylic acids is 1. The highest BCUT2D eigenvalue weighted by molar-refractivity contribution is 7.92. The second-order valence-electron chi connectivity index (χ2n) is 7.74. The Balaban J connectivity index is 1.95. The first-order valence-corrected chi connectivity index (χ1v) is 12.0. The summed E-state index contributed by atoms with van der Waals surface area (Å²) >= 11 is 0. The molecule has 0 aliphatic rings. The minimum absolute atomic E-state index is 0.250. The van der Waals surface area contributed by atoms with Crippen LogP contribution in [-0.4, -0.2) is 31.5 Å². The number of amides is 1. The third-order valence-corrected chi connectivity index (χ3v) is 6.31. The van der Waals surface area contributed by atoms with Crippen molar-refractivity contribution >= 4 is 21.6 Å². The molecule has 0 spiro atoms. The largest absolute Gasteiger partial charge is 0.332 e. The van der Waals surface area contributed by atoms with Crippen molar-refractivity contribution in [2.75, 3.05) is 10.6 Å². The lowest BCUT2D eigenvalue weighted by molar-refractivity contribution is -0.133. The van der Waals surface area contributed by atoms with Crippen molar-refractivity contribution in [2.45, 2.75) is 33.0 Å². The second-order valence-corrected chi connectivity index (χ2v) is 9.60. The molecule has 1 atom stereocenters. The monoisotopic (exact) mass is 436 g/mol. The number of rotatable bonds is 8. The molecule has 0 saturated carbocycles. The van der Waals surface area contributed by atoms with E-state index in [0.29, 0.717) is 18.8 Å². The van der Waals surface area contributed by atoms with Gasteiger partial charge in [-0.25, -0.2) is 8.42 Å². The van der Waals surface area contributed by atoms with Crippen LogP contribution in [0, 0.1) is 6.92 Å². The summed E-state index contributed by atoms with van der Waals surface area (Å²) in [4.78, 5) is 15.3. The normalized spacial score (nSPS) is 12.2. The lowest BCUT2D eigenvalue weighted by Gasteiger charge is -2.33. The maximum Gasteiger partial charge on any atom is 0.246 e. The molecule has 1 amide bonds. The van der Waals surface area contributed by atoms with Crippen LogP contribution < -0.4 is 4.31 Å². The van der Waals surface area contributed by atoms with Crippen molar-refractivity contribution in [3.05, 3.63) is 102 Å². The lowest BCUT2D eigenvalue weighted by Crippen LogP contribution is -2.49. The van der Waals surface area contributed by atoms with Gasteiger partial charge in [-0.05, 0) is 42.7 Å². The molecule has 0 aliphatic carbocycles. The standard InChI is InChI=1S/C25H28N2O3S/c1-20-11-10-16-24(17-20)27(31(3,29)30)21(2)25(28)26(18-22-12-6-4-7-13-22)19-23-14-8-5-9-15-23/h4-17,21H,18-19H2,1-3H3/t21-/m0/s1. The fourth-order valence-corrected chi connectivity index (χ4v) is 4.81. The lowest BCUT2D eigenvalue weighted by atomic mass is 10.1. The van der Waals surface area contributed by atoms with E-state index in [1.54, 1.807) is 30.0 Å². The summed E-state index contributed by atoms with van der Waals surface area (Å²) in [5.74, 6) is -0.250. The van der Waals surface area contributed by atoms with Crippen molar-refractivity contribution in [1.29, 1.82) is 0 Å². The molecule has 0 heterocycles. The van der Waals surface area contributed by atoms with Gasteiger partial charge in [-0.1, -0.05) is 72.8 Å². The predicted molar refractivity (Wildman–Crippen MR) is 125 cm³/mol. The zero-order valence-corrected chi connectivity index (χ0v) is 18.9. The number of carbonyl (C=O) groups is 1. The van der Waals surface area contributed by atoms with E-state index in [1.165, 1.54) is 4.31 Å². The average Bonchev–Trinajstić information content (AvgIpc) is 2.73. The summed E-state index contributed by atoms with van der Waals surface area (Å²) in [6.07, 6.45) is 1.14. The zero-order chi connectivity index (χ0) is 22.4. The number of nitrogens with zero attached hydrogens (tertiary/aromatic N) is 2. The summed E-state index contributed by atoms with van der Waals surface area (Å²) in [5, 5.41) is 0. The van der Waals surface area contributed by atoms with Gasteiger partial charge in [-0.15, -0.1) is 0 Å². The van der Waals surface area contributed by atoms with Crippen molar-refractivity contribution in [3.8, 4) is 0 Å². The van der Waals surface area contributed by atoms with Crippen molar-refractivity contribution in [2.24, 2.45) is 0 Å². The molecule has 0 bridgehead atoms. The van der Waals surface area contributed by atoms with Crippen molar-refractivity contribution in [3.63, 3.8) is 0 Å². The molecule has 0 unspecified atom stereocenters. The van der Waals surface area contributed by atoms with Gasteiger partial charge >= 0.3 is 0 Å². The predicted octanol–water partition coefficient (Wildman–Crippen LogP) is 4.38. The molecule has 0 saturated heterocycles. The molecular weight excluding hydrogens is 408 g/mol. The first-order valence-electron chi connectivity index (χ1n) is 10.2. The molecule has 0 N–H and O–H groups in total. The Kier molecular flexibility index (Phi) is 7.13. The highest BCUT2D eigenvalue weighted by Gasteiger charge is 2.32. The quantitative estimate of drug-likeness (QED) is 0.527. The van der Waals surface area contributed by atoms with Crippen molar-refractivity contribution < 1.29 is 13.2 Å². The summed E-state index contributed by atoms with van der Waals surface area (Å²) < 4.78 is 26.6. The maximum atomic E-state index is 13.6. The van der Waals surface area contributed by atoms with E-state index in [4.69, 9.17) is 0 Å². The van der Waals surface area contributed by atoms with Crippen molar-refractivity contribution in [1.82, 2.24) is 4.90 Å². The van der Waals surface area contributed by atoms with Crippen LogP contribution in [0.1, 0.15) is 23.6 Å². The van der Waals surface area contributed by atoms with E-state index in [-0.39, 0.29) is 5.91 Å². The summed E-state index contributed by atoms with van der Waals surface area (Å²) in [6.45, 7) is 4.33. The van der Waals surface area contributed by atoms with E-state index >= 15 is 0 Å². The zero-order valence-electron chi connectivity index (χ0n) is 18.1. The van der Waals surface area contributed by atoms with Gasteiger partial charge in [0.2, 0.25) is 15.9 Å². The van der Waals surface area contributed by atoms with E-state index in [1.807, 2.05) is 73.7 Å². The van der Waals surface area contributed by atoms with Gasteiger partial charge in [-0.3, -0.25) is 9.10 Å². The molecule has 31 heavy (non-hydrogen) atoms. The van der Waals surface area contributed by atoms with E-state index < -0.39 is 16.1 Å². The van der Waals surface area contributed by atoms with Crippen LogP contribution in [0.4, 0.5) is 5.69 Å². The topological polar surface area (TPSA) is 57.7 Å². The number of anilines is 1. The molecule has 0 aliphatic heterocycles. The fraction of sp³-hybridized carbons (Fsp3) is 0.240. The molecule has 6 heteroatoms. The second kappa shape index (κ2) is 9.79. The third kappa shape index (κ3) is 5.95. The molecule has 0 aromatic heterocycles. The Morgan fingerprint density at radius 3 is 1.81 bits per heavy atom. The molecule has 3 aromatic carbocycles. The van der Waals surface area contributed by atoms with Gasteiger partial charge in [0.15, 0.2) is 0 Å².